The van der Waals surface area contributed by atoms with Crippen molar-refractivity contribution < 1.29 is 24.2 Å². The number of nitrogens with one attached hydrogen (secondary N) is 1. The van der Waals surface area contributed by atoms with Gasteiger partial charge in [-0.15, -0.1) is 0 Å². The van der Waals surface area contributed by atoms with E-state index < -0.39 is 18.4 Å². The summed E-state index contributed by atoms with van der Waals surface area (Å²) in [5.41, 5.74) is 0.868. The Morgan fingerprint density at radius 3 is 2.59 bits per heavy atom. The molecule has 1 rings (SSSR count). The third kappa shape index (κ3) is 2.72. The Morgan fingerprint density at radius 1 is 1.47 bits per heavy atom. The van der Waals surface area contributed by atoms with Gasteiger partial charge in [0.15, 0.2) is 6.29 Å². The first-order chi connectivity index (χ1) is 8.01. The standard InChI is InChI=1S/C11H13NO5/c1-3-17-11(16)10-7(4-9(14)15)8(5-13)6(2)12-10/h5,12H,3-4H2,1-2H3,(H,14,15). The molecular formula is C11H13NO5. The van der Waals surface area contributed by atoms with Gasteiger partial charge in [0, 0.05) is 16.8 Å². The van der Waals surface area contributed by atoms with Crippen LogP contribution in [0.1, 0.15) is 39.0 Å². The third-order valence-electron chi connectivity index (χ3n) is 2.27. The van der Waals surface area contributed by atoms with Gasteiger partial charge >= 0.3 is 11.9 Å². The van der Waals surface area contributed by atoms with Crippen molar-refractivity contribution in [3.8, 4) is 0 Å². The van der Waals surface area contributed by atoms with Crippen molar-refractivity contribution in [1.29, 1.82) is 0 Å². The average molecular weight is 239 g/mol. The Balaban J connectivity index is 3.24. The molecule has 0 saturated carbocycles. The highest BCUT2D eigenvalue weighted by Crippen LogP contribution is 2.18. The Hall–Kier alpha value is -2.11. The van der Waals surface area contributed by atoms with Crippen LogP contribution >= 0.6 is 0 Å². The number of hydrogen-bond donors (Lipinski definition) is 2. The quantitative estimate of drug-likeness (QED) is 0.588. The first kappa shape index (κ1) is 13.0. The molecule has 92 valence electrons. The minimum atomic E-state index is -1.11. The van der Waals surface area contributed by atoms with E-state index in [1.54, 1.807) is 13.8 Å². The molecule has 0 fully saturated rings. The fraction of sp³-hybridized carbons (Fsp3) is 0.364. The molecule has 0 bridgehead atoms. The lowest BCUT2D eigenvalue weighted by atomic mass is 10.1. The Labute approximate surface area is 97.6 Å². The second-order valence-electron chi connectivity index (χ2n) is 3.43. The van der Waals surface area contributed by atoms with Crippen molar-refractivity contribution in [3.63, 3.8) is 0 Å². The van der Waals surface area contributed by atoms with E-state index in [0.29, 0.717) is 12.0 Å². The van der Waals surface area contributed by atoms with Crippen LogP contribution in [0.4, 0.5) is 0 Å². The van der Waals surface area contributed by atoms with Crippen molar-refractivity contribution >= 4 is 18.2 Å². The van der Waals surface area contributed by atoms with Crippen LogP contribution in [-0.4, -0.2) is 34.9 Å². The van der Waals surface area contributed by atoms with E-state index in [1.807, 2.05) is 0 Å². The first-order valence-corrected chi connectivity index (χ1v) is 5.06. The minimum absolute atomic E-state index is 0.0360. The molecule has 17 heavy (non-hydrogen) atoms. The molecule has 6 heteroatoms. The van der Waals surface area contributed by atoms with Gasteiger partial charge in [0.2, 0.25) is 0 Å². The lowest BCUT2D eigenvalue weighted by molar-refractivity contribution is -0.136. The normalized spacial score (nSPS) is 10.0. The molecule has 0 aliphatic rings. The van der Waals surface area contributed by atoms with Crippen LogP contribution in [0.5, 0.6) is 0 Å². The molecule has 0 aliphatic heterocycles. The molecule has 0 atom stereocenters. The molecule has 0 saturated heterocycles. The number of aryl methyl sites for hydroxylation is 1. The van der Waals surface area contributed by atoms with Crippen LogP contribution in [0.3, 0.4) is 0 Å². The topological polar surface area (TPSA) is 96.5 Å². The van der Waals surface area contributed by atoms with Crippen molar-refractivity contribution in [3.05, 3.63) is 22.5 Å². The average Bonchev–Trinajstić information content (AvgIpc) is 2.54. The number of ether oxygens (including phenoxy) is 1. The largest absolute Gasteiger partial charge is 0.481 e. The zero-order valence-corrected chi connectivity index (χ0v) is 9.57. The van der Waals surface area contributed by atoms with Gasteiger partial charge in [-0.05, 0) is 13.8 Å². The summed E-state index contributed by atoms with van der Waals surface area (Å²) in [6.45, 7) is 3.42. The third-order valence-corrected chi connectivity index (χ3v) is 2.27. The number of aromatic nitrogens is 1. The highest BCUT2D eigenvalue weighted by molar-refractivity contribution is 5.95. The summed E-state index contributed by atoms with van der Waals surface area (Å²) >= 11 is 0. The minimum Gasteiger partial charge on any atom is -0.481 e. The zero-order chi connectivity index (χ0) is 13.0. The van der Waals surface area contributed by atoms with E-state index in [1.165, 1.54) is 0 Å². The molecule has 2 N–H and O–H groups in total. The van der Waals surface area contributed by atoms with Crippen LogP contribution in [-0.2, 0) is 16.0 Å². The summed E-state index contributed by atoms with van der Waals surface area (Å²) in [5, 5.41) is 8.75. The summed E-state index contributed by atoms with van der Waals surface area (Å²) in [4.78, 5) is 35.8. The summed E-state index contributed by atoms with van der Waals surface area (Å²) in [6.07, 6.45) is 0.138. The molecule has 1 aromatic heterocycles. The second-order valence-corrected chi connectivity index (χ2v) is 3.43. The molecule has 0 amide bonds. The van der Waals surface area contributed by atoms with Gasteiger partial charge in [-0.1, -0.05) is 0 Å². The van der Waals surface area contributed by atoms with Crippen LogP contribution in [0, 0.1) is 6.92 Å². The smallest absolute Gasteiger partial charge is 0.355 e. The van der Waals surface area contributed by atoms with Crippen LogP contribution in [0.15, 0.2) is 0 Å². The van der Waals surface area contributed by atoms with Gasteiger partial charge in [0.25, 0.3) is 0 Å². The van der Waals surface area contributed by atoms with Gasteiger partial charge in [-0.25, -0.2) is 4.79 Å². The maximum atomic E-state index is 11.6. The molecule has 0 aromatic carbocycles. The predicted molar refractivity (Wildman–Crippen MR) is 58.2 cm³/mol. The fourth-order valence-electron chi connectivity index (χ4n) is 1.56. The molecule has 0 spiro atoms. The van der Waals surface area contributed by atoms with Gasteiger partial charge in [-0.2, -0.15) is 0 Å². The van der Waals surface area contributed by atoms with E-state index in [-0.39, 0.29) is 23.4 Å². The molecule has 1 aromatic rings. The number of aromatic amines is 1. The number of carbonyl (C=O) groups is 3. The van der Waals surface area contributed by atoms with Gasteiger partial charge in [0.05, 0.1) is 13.0 Å². The number of carboxylic acids is 1. The lowest BCUT2D eigenvalue weighted by Crippen LogP contribution is -2.11. The second kappa shape index (κ2) is 5.29. The zero-order valence-electron chi connectivity index (χ0n) is 9.57. The van der Waals surface area contributed by atoms with Gasteiger partial charge in [0.1, 0.15) is 5.69 Å². The molecule has 6 nitrogen and oxygen atoms in total. The molecule has 0 aliphatic carbocycles. The van der Waals surface area contributed by atoms with Gasteiger partial charge < -0.3 is 14.8 Å². The first-order valence-electron chi connectivity index (χ1n) is 5.06. The number of esters is 1. The number of hydrogen-bond acceptors (Lipinski definition) is 4. The number of aldehydes is 1. The van der Waals surface area contributed by atoms with Crippen LogP contribution in [0.25, 0.3) is 0 Å². The lowest BCUT2D eigenvalue weighted by Gasteiger charge is -2.02. The number of carbonyl (C=O) groups excluding carboxylic acids is 2. The van der Waals surface area contributed by atoms with E-state index in [0.717, 1.165) is 0 Å². The van der Waals surface area contributed by atoms with Gasteiger partial charge in [-0.3, -0.25) is 9.59 Å². The van der Waals surface area contributed by atoms with Crippen molar-refractivity contribution in [2.75, 3.05) is 6.61 Å². The highest BCUT2D eigenvalue weighted by Gasteiger charge is 2.22. The van der Waals surface area contributed by atoms with Crippen molar-refractivity contribution in [2.45, 2.75) is 20.3 Å². The SMILES string of the molecule is CCOC(=O)c1[nH]c(C)c(C=O)c1CC(=O)O. The number of aliphatic carboxylic acids is 1. The van der Waals surface area contributed by atoms with E-state index >= 15 is 0 Å². The Morgan fingerprint density at radius 2 is 2.12 bits per heavy atom. The van der Waals surface area contributed by atoms with Crippen LogP contribution < -0.4 is 0 Å². The van der Waals surface area contributed by atoms with Crippen molar-refractivity contribution in [1.82, 2.24) is 4.98 Å². The summed E-state index contributed by atoms with van der Waals surface area (Å²) < 4.78 is 4.78. The number of carboxylic acid groups (broad SMARTS) is 1. The summed E-state index contributed by atoms with van der Waals surface area (Å²) in [6, 6.07) is 0. The molecule has 0 radical (unpaired) electrons. The highest BCUT2D eigenvalue weighted by atomic mass is 16.5. The number of rotatable bonds is 5. The molecule has 0 unspecified atom stereocenters. The monoisotopic (exact) mass is 239 g/mol. The predicted octanol–water partition coefficient (Wildman–Crippen LogP) is 0.939. The van der Waals surface area contributed by atoms with Crippen LogP contribution in [0.2, 0.25) is 0 Å². The molecule has 1 heterocycles. The Kier molecular flexibility index (Phi) is 4.03. The molecular weight excluding hydrogens is 226 g/mol. The summed E-state index contributed by atoms with van der Waals surface area (Å²) in [7, 11) is 0. The number of H-pyrrole nitrogens is 1. The van der Waals surface area contributed by atoms with Crippen molar-refractivity contribution in [2.24, 2.45) is 0 Å². The Bertz CT molecular complexity index is 461. The van der Waals surface area contributed by atoms with E-state index in [2.05, 4.69) is 4.98 Å². The summed E-state index contributed by atoms with van der Waals surface area (Å²) in [5.74, 6) is -1.77. The van der Waals surface area contributed by atoms with E-state index in [9.17, 15) is 14.4 Å². The fourth-order valence-corrected chi connectivity index (χ4v) is 1.56. The maximum absolute atomic E-state index is 11.6. The maximum Gasteiger partial charge on any atom is 0.355 e. The van der Waals surface area contributed by atoms with E-state index in [4.69, 9.17) is 9.84 Å².